The van der Waals surface area contributed by atoms with E-state index in [2.05, 4.69) is 6.07 Å². The van der Waals surface area contributed by atoms with Gasteiger partial charge in [0.15, 0.2) is 0 Å². The number of aliphatic carboxylic acids is 1. The van der Waals surface area contributed by atoms with Gasteiger partial charge in [-0.15, -0.1) is 0 Å². The van der Waals surface area contributed by atoms with Crippen molar-refractivity contribution in [1.29, 1.82) is 5.26 Å². The fourth-order valence-corrected chi connectivity index (χ4v) is 1.83. The quantitative estimate of drug-likeness (QED) is 0.865. The van der Waals surface area contributed by atoms with Gasteiger partial charge in [-0.05, 0) is 48.4 Å². The van der Waals surface area contributed by atoms with Crippen molar-refractivity contribution in [2.75, 3.05) is 0 Å². The molecule has 0 radical (unpaired) electrons. The zero-order chi connectivity index (χ0) is 15.2. The molecule has 4 nitrogen and oxygen atoms in total. The van der Waals surface area contributed by atoms with Crippen LogP contribution in [-0.2, 0) is 4.79 Å². The van der Waals surface area contributed by atoms with Crippen molar-refractivity contribution in [3.8, 4) is 17.6 Å². The first-order chi connectivity index (χ1) is 10.1. The van der Waals surface area contributed by atoms with Gasteiger partial charge in [-0.2, -0.15) is 5.26 Å². The first-order valence-corrected chi connectivity index (χ1v) is 6.29. The van der Waals surface area contributed by atoms with E-state index >= 15 is 0 Å². The molecule has 4 heteroatoms. The van der Waals surface area contributed by atoms with Crippen LogP contribution in [0.1, 0.15) is 16.7 Å². The molecule has 21 heavy (non-hydrogen) atoms. The van der Waals surface area contributed by atoms with E-state index in [4.69, 9.17) is 15.1 Å². The van der Waals surface area contributed by atoms with Crippen molar-refractivity contribution in [3.63, 3.8) is 0 Å². The predicted molar refractivity (Wildman–Crippen MR) is 79.1 cm³/mol. The lowest BCUT2D eigenvalue weighted by molar-refractivity contribution is -0.131. The second kappa shape index (κ2) is 6.40. The topological polar surface area (TPSA) is 70.3 Å². The Morgan fingerprint density at radius 3 is 2.71 bits per heavy atom. The van der Waals surface area contributed by atoms with Gasteiger partial charge in [0.1, 0.15) is 17.6 Å². The Balaban J connectivity index is 2.25. The number of carboxylic acids is 1. The summed E-state index contributed by atoms with van der Waals surface area (Å²) in [7, 11) is 0. The minimum atomic E-state index is -0.988. The highest BCUT2D eigenvalue weighted by Gasteiger charge is 2.05. The number of nitrogens with zero attached hydrogens (tertiary/aromatic N) is 1. The summed E-state index contributed by atoms with van der Waals surface area (Å²) < 4.78 is 5.70. The van der Waals surface area contributed by atoms with Crippen molar-refractivity contribution in [2.45, 2.75) is 6.92 Å². The molecule has 0 spiro atoms. The Labute approximate surface area is 122 Å². The number of hydrogen-bond acceptors (Lipinski definition) is 3. The van der Waals surface area contributed by atoms with E-state index in [1.54, 1.807) is 42.5 Å². The van der Waals surface area contributed by atoms with Crippen LogP contribution in [-0.4, -0.2) is 11.1 Å². The molecule has 0 saturated carbocycles. The normalized spacial score (nSPS) is 10.3. The smallest absolute Gasteiger partial charge is 0.328 e. The second-order valence-electron chi connectivity index (χ2n) is 4.40. The summed E-state index contributed by atoms with van der Waals surface area (Å²) >= 11 is 0. The Morgan fingerprint density at radius 1 is 1.29 bits per heavy atom. The van der Waals surface area contributed by atoms with Gasteiger partial charge in [-0.1, -0.05) is 18.2 Å². The van der Waals surface area contributed by atoms with E-state index in [1.807, 2.05) is 6.92 Å². The van der Waals surface area contributed by atoms with Gasteiger partial charge in [0.05, 0.1) is 5.56 Å². The zero-order valence-corrected chi connectivity index (χ0v) is 11.4. The minimum Gasteiger partial charge on any atom is -0.478 e. The SMILES string of the molecule is Cc1cc(Oc2ccccc2C#N)ccc1C=CC(=O)O. The van der Waals surface area contributed by atoms with Crippen LogP contribution >= 0.6 is 0 Å². The van der Waals surface area contributed by atoms with Crippen molar-refractivity contribution >= 4 is 12.0 Å². The van der Waals surface area contributed by atoms with Crippen molar-refractivity contribution < 1.29 is 14.6 Å². The van der Waals surface area contributed by atoms with E-state index in [-0.39, 0.29) is 0 Å². The molecule has 0 saturated heterocycles. The van der Waals surface area contributed by atoms with Crippen molar-refractivity contribution in [1.82, 2.24) is 0 Å². The Kier molecular flexibility index (Phi) is 4.37. The number of aryl methyl sites for hydroxylation is 1. The molecule has 0 heterocycles. The van der Waals surface area contributed by atoms with Crippen LogP contribution < -0.4 is 4.74 Å². The van der Waals surface area contributed by atoms with E-state index in [9.17, 15) is 4.79 Å². The first-order valence-electron chi connectivity index (χ1n) is 6.29. The molecule has 2 aromatic carbocycles. The molecule has 0 unspecified atom stereocenters. The maximum atomic E-state index is 10.5. The van der Waals surface area contributed by atoms with Gasteiger partial charge in [0.2, 0.25) is 0 Å². The number of carbonyl (C=O) groups is 1. The van der Waals surface area contributed by atoms with Crippen LogP contribution in [0, 0.1) is 18.3 Å². The summed E-state index contributed by atoms with van der Waals surface area (Å²) in [6.45, 7) is 1.87. The van der Waals surface area contributed by atoms with Gasteiger partial charge < -0.3 is 9.84 Å². The lowest BCUT2D eigenvalue weighted by Crippen LogP contribution is -1.90. The lowest BCUT2D eigenvalue weighted by Gasteiger charge is -2.09. The van der Waals surface area contributed by atoms with Crippen LogP contribution in [0.25, 0.3) is 6.08 Å². The summed E-state index contributed by atoms with van der Waals surface area (Å²) in [5.74, 6) is 0.105. The van der Waals surface area contributed by atoms with E-state index in [1.165, 1.54) is 6.08 Å². The molecule has 0 bridgehead atoms. The Morgan fingerprint density at radius 2 is 2.05 bits per heavy atom. The summed E-state index contributed by atoms with van der Waals surface area (Å²) in [5.41, 5.74) is 2.16. The highest BCUT2D eigenvalue weighted by Crippen LogP contribution is 2.26. The molecular formula is C17H13NO3. The van der Waals surface area contributed by atoms with Gasteiger partial charge in [-0.3, -0.25) is 0 Å². The Bertz CT molecular complexity index is 742. The minimum absolute atomic E-state index is 0.463. The van der Waals surface area contributed by atoms with Crippen molar-refractivity contribution in [2.24, 2.45) is 0 Å². The highest BCUT2D eigenvalue weighted by molar-refractivity contribution is 5.85. The van der Waals surface area contributed by atoms with Gasteiger partial charge in [0.25, 0.3) is 0 Å². The third-order valence-corrected chi connectivity index (χ3v) is 2.88. The van der Waals surface area contributed by atoms with Gasteiger partial charge in [0, 0.05) is 6.08 Å². The number of ether oxygens (including phenoxy) is 1. The average Bonchev–Trinajstić information content (AvgIpc) is 2.47. The second-order valence-corrected chi connectivity index (χ2v) is 4.40. The summed E-state index contributed by atoms with van der Waals surface area (Å²) in [5, 5.41) is 17.7. The molecule has 104 valence electrons. The summed E-state index contributed by atoms with van der Waals surface area (Å²) in [4.78, 5) is 10.5. The molecule has 1 N–H and O–H groups in total. The van der Waals surface area contributed by atoms with E-state index in [0.717, 1.165) is 17.2 Å². The number of carboxylic acid groups (broad SMARTS) is 1. The van der Waals surface area contributed by atoms with Crippen LogP contribution in [0.5, 0.6) is 11.5 Å². The fourth-order valence-electron chi connectivity index (χ4n) is 1.83. The number of hydrogen-bond donors (Lipinski definition) is 1. The molecule has 0 aliphatic rings. The molecule has 2 aromatic rings. The molecule has 0 aromatic heterocycles. The van der Waals surface area contributed by atoms with Crippen molar-refractivity contribution in [3.05, 3.63) is 65.2 Å². The van der Waals surface area contributed by atoms with Crippen LogP contribution in [0.15, 0.2) is 48.5 Å². The predicted octanol–water partition coefficient (Wildman–Crippen LogP) is 3.76. The largest absolute Gasteiger partial charge is 0.478 e. The molecule has 0 amide bonds. The zero-order valence-electron chi connectivity index (χ0n) is 11.4. The standard InChI is InChI=1S/C17H13NO3/c1-12-10-15(8-6-13(12)7-9-17(19)20)21-16-5-3-2-4-14(16)11-18/h2-10H,1H3,(H,19,20). The number of nitriles is 1. The van der Waals surface area contributed by atoms with Crippen LogP contribution in [0.2, 0.25) is 0 Å². The van der Waals surface area contributed by atoms with Crippen LogP contribution in [0.4, 0.5) is 0 Å². The summed E-state index contributed by atoms with van der Waals surface area (Å²) in [6.07, 6.45) is 2.62. The number of rotatable bonds is 4. The summed E-state index contributed by atoms with van der Waals surface area (Å²) in [6, 6.07) is 14.4. The molecule has 0 fully saturated rings. The number of para-hydroxylation sites is 1. The molecule has 0 atom stereocenters. The highest BCUT2D eigenvalue weighted by atomic mass is 16.5. The third kappa shape index (κ3) is 3.71. The van der Waals surface area contributed by atoms with Gasteiger partial charge in [-0.25, -0.2) is 4.79 Å². The molecule has 0 aliphatic heterocycles. The third-order valence-electron chi connectivity index (χ3n) is 2.88. The van der Waals surface area contributed by atoms with E-state index in [0.29, 0.717) is 17.1 Å². The van der Waals surface area contributed by atoms with Crippen LogP contribution in [0.3, 0.4) is 0 Å². The molecule has 0 aliphatic carbocycles. The number of benzene rings is 2. The monoisotopic (exact) mass is 279 g/mol. The Hall–Kier alpha value is -3.06. The average molecular weight is 279 g/mol. The maximum Gasteiger partial charge on any atom is 0.328 e. The molecule has 2 rings (SSSR count). The lowest BCUT2D eigenvalue weighted by atomic mass is 10.1. The molecular weight excluding hydrogens is 266 g/mol. The van der Waals surface area contributed by atoms with Gasteiger partial charge >= 0.3 is 5.97 Å². The first kappa shape index (κ1) is 14.4. The fraction of sp³-hybridized carbons (Fsp3) is 0.0588. The van der Waals surface area contributed by atoms with E-state index < -0.39 is 5.97 Å². The maximum absolute atomic E-state index is 10.5.